The number of carbonyl (C=O) groups excluding carboxylic acids is 1. The molecule has 4 aromatic heterocycles. The molecule has 5 saturated carbocycles. The molecule has 6 fully saturated rings. The Morgan fingerprint density at radius 2 is 1.07 bits per heavy atom. The van der Waals surface area contributed by atoms with E-state index >= 15 is 0 Å². The van der Waals surface area contributed by atoms with Crippen LogP contribution in [0, 0.1) is 48.9 Å². The first-order valence-corrected chi connectivity index (χ1v) is 35.6. The second-order valence-corrected chi connectivity index (χ2v) is 29.6. The molecule has 23 heteroatoms. The fraction of sp³-hybridized carbons (Fsp3) is 0.577. The van der Waals surface area contributed by atoms with Gasteiger partial charge in [0.05, 0.1) is 52.4 Å². The number of imidazole rings is 2. The van der Waals surface area contributed by atoms with E-state index in [9.17, 15) is 24.9 Å². The number of hydrogen-bond donors (Lipinski definition) is 8. The maximum absolute atomic E-state index is 11.7. The van der Waals surface area contributed by atoms with E-state index < -0.39 is 22.8 Å². The number of nitrogens with zero attached hydrogens (tertiary/aromatic N) is 6. The number of halogens is 4. The van der Waals surface area contributed by atoms with Gasteiger partial charge in [-0.2, -0.15) is 5.10 Å². The molecule has 7 aromatic rings. The summed E-state index contributed by atoms with van der Waals surface area (Å²) in [6.07, 6.45) is 21.5. The first-order chi connectivity index (χ1) is 45.5. The van der Waals surface area contributed by atoms with Crippen LogP contribution >= 0.6 is 34.8 Å². The van der Waals surface area contributed by atoms with Crippen LogP contribution in [0.25, 0.3) is 33.8 Å². The van der Waals surface area contributed by atoms with E-state index in [1.807, 2.05) is 149 Å². The number of aliphatic carboxylic acids is 1. The third-order valence-electron chi connectivity index (χ3n) is 18.8. The molecule has 13 rings (SSSR count). The Kier molecular flexibility index (Phi) is 43.4. The monoisotopic (exact) mass is 1530 g/mol. The third-order valence-corrected chi connectivity index (χ3v) is 19.5. The van der Waals surface area contributed by atoms with Crippen LogP contribution in [0.4, 0.5) is 5.82 Å². The van der Waals surface area contributed by atoms with E-state index in [1.165, 1.54) is 32.1 Å². The predicted octanol–water partition coefficient (Wildman–Crippen LogP) is 13.7. The van der Waals surface area contributed by atoms with Crippen molar-refractivity contribution in [1.82, 2.24) is 29.2 Å². The van der Waals surface area contributed by atoms with Crippen molar-refractivity contribution in [3.63, 3.8) is 0 Å². The summed E-state index contributed by atoms with van der Waals surface area (Å²) in [5.41, 5.74) is 15.9. The van der Waals surface area contributed by atoms with Gasteiger partial charge in [0.15, 0.2) is 11.3 Å². The van der Waals surface area contributed by atoms with Gasteiger partial charge < -0.3 is 76.2 Å². The van der Waals surface area contributed by atoms with E-state index in [4.69, 9.17) is 71.1 Å². The van der Waals surface area contributed by atoms with E-state index in [0.29, 0.717) is 64.0 Å². The van der Waals surface area contributed by atoms with Crippen molar-refractivity contribution in [2.24, 2.45) is 52.9 Å². The summed E-state index contributed by atoms with van der Waals surface area (Å²) in [6, 6.07) is 33.3. The minimum absolute atomic E-state index is 0. The molecule has 5 aliphatic carbocycles. The SMILES string of the molecule is C.C.C1CCOC1.CC(C)(O)[C@@H]1CC[C@@H](N)C1.CC(C)(O)[C@H]1CC[C@H](Nc2ccc3ncc(-c4cccc(Cl)c4)n3n2)C1.CCO.C[C@@H]1CC[C@@H](C(=O)OCc2ccccc2)C1.C[C@@H]1CC[C@@H](C(C)(C)O)C1.Clc1cccc(-c2cnc3ccc(Cl)nn23)c1.N[C@@H]1CC[C@@H](C(=O)O)C1.[Br-].[CH3-].[Mg+2]. The maximum Gasteiger partial charge on any atom is 2.00 e. The van der Waals surface area contributed by atoms with E-state index in [1.54, 1.807) is 23.7 Å². The predicted molar refractivity (Wildman–Crippen MR) is 411 cm³/mol. The Labute approximate surface area is 645 Å². The summed E-state index contributed by atoms with van der Waals surface area (Å²) < 4.78 is 13.8. The number of aromatic nitrogens is 6. The average molecular weight is 1540 g/mol. The van der Waals surface area contributed by atoms with Crippen molar-refractivity contribution in [2.45, 2.75) is 228 Å². The van der Waals surface area contributed by atoms with Gasteiger partial charge >= 0.3 is 35.0 Å². The summed E-state index contributed by atoms with van der Waals surface area (Å²) in [7, 11) is 0. The van der Waals surface area contributed by atoms with Crippen molar-refractivity contribution in [3.8, 4) is 22.5 Å². The molecule has 101 heavy (non-hydrogen) atoms. The Morgan fingerprint density at radius 1 is 0.604 bits per heavy atom. The van der Waals surface area contributed by atoms with Gasteiger partial charge in [0, 0.05) is 59.1 Å². The van der Waals surface area contributed by atoms with E-state index in [2.05, 4.69) is 34.2 Å². The number of nitrogens with one attached hydrogen (secondary N) is 1. The van der Waals surface area contributed by atoms with E-state index in [0.717, 1.165) is 135 Å². The number of rotatable bonds is 11. The van der Waals surface area contributed by atoms with Crippen molar-refractivity contribution in [1.29, 1.82) is 0 Å². The molecule has 10 N–H and O–H groups in total. The summed E-state index contributed by atoms with van der Waals surface area (Å²) in [5.74, 6) is 2.87. The summed E-state index contributed by atoms with van der Waals surface area (Å²) in [4.78, 5) is 30.7. The number of ether oxygens (including phenoxy) is 2. The van der Waals surface area contributed by atoms with Crippen molar-refractivity contribution in [2.75, 3.05) is 25.1 Å². The van der Waals surface area contributed by atoms with Gasteiger partial charge in [-0.3, -0.25) is 9.59 Å². The molecule has 6 aliphatic rings. The number of fused-ring (bicyclic) bond motifs is 2. The van der Waals surface area contributed by atoms with Gasteiger partial charge in [-0.05, 0) is 235 Å². The average Bonchev–Trinajstić information content (AvgIpc) is 1.67. The molecule has 0 bridgehead atoms. The molecule has 560 valence electrons. The van der Waals surface area contributed by atoms with Gasteiger partial charge in [0.2, 0.25) is 0 Å². The number of carbonyl (C=O) groups is 2. The first-order valence-electron chi connectivity index (χ1n) is 34.4. The number of anilines is 1. The number of aliphatic hydroxyl groups is 4. The second kappa shape index (κ2) is 46.4. The molecule has 3 aromatic carbocycles. The second-order valence-electron chi connectivity index (χ2n) is 28.4. The van der Waals surface area contributed by atoms with Crippen LogP contribution in [0.5, 0.6) is 0 Å². The number of carboxylic acid groups (broad SMARTS) is 1. The van der Waals surface area contributed by atoms with Crippen molar-refractivity contribution in [3.05, 3.63) is 144 Å². The van der Waals surface area contributed by atoms with Crippen LogP contribution in [0.15, 0.2) is 116 Å². The maximum atomic E-state index is 11.7. The number of nitrogens with two attached hydrogens (primary N) is 2. The van der Waals surface area contributed by atoms with Crippen LogP contribution in [0.1, 0.15) is 192 Å². The fourth-order valence-electron chi connectivity index (χ4n) is 13.0. The van der Waals surface area contributed by atoms with Crippen molar-refractivity contribution >= 4 is 86.9 Å². The van der Waals surface area contributed by atoms with Crippen LogP contribution in [0.3, 0.4) is 0 Å². The molecule has 0 amide bonds. The molecular formula is C78H119BrCl3MgN9O9. The zero-order valence-corrected chi connectivity index (χ0v) is 65.3. The van der Waals surface area contributed by atoms with Crippen LogP contribution in [-0.2, 0) is 25.7 Å². The van der Waals surface area contributed by atoms with Gasteiger partial charge in [-0.15, -0.1) is 5.10 Å². The van der Waals surface area contributed by atoms with Gasteiger partial charge in [-0.25, -0.2) is 19.0 Å². The Bertz CT molecular complexity index is 3420. The largest absolute Gasteiger partial charge is 2.00 e. The Balaban J connectivity index is 0.000000607. The summed E-state index contributed by atoms with van der Waals surface area (Å²) in [6.45, 7) is 20.2. The number of esters is 1. The zero-order valence-electron chi connectivity index (χ0n) is 60.0. The minimum Gasteiger partial charge on any atom is -1.00 e. The van der Waals surface area contributed by atoms with Gasteiger partial charge in [0.25, 0.3) is 0 Å². The molecule has 1 aliphatic heterocycles. The third kappa shape index (κ3) is 32.4. The van der Waals surface area contributed by atoms with E-state index in [-0.39, 0.29) is 92.8 Å². The molecule has 18 nitrogen and oxygen atoms in total. The Morgan fingerprint density at radius 3 is 1.48 bits per heavy atom. The van der Waals surface area contributed by atoms with Crippen molar-refractivity contribution < 1.29 is 61.6 Å². The molecule has 10 atom stereocenters. The molecule has 1 saturated heterocycles. The van der Waals surface area contributed by atoms with Crippen LogP contribution in [0.2, 0.25) is 15.2 Å². The number of benzene rings is 3. The number of hydrogen-bond acceptors (Lipinski definition) is 15. The van der Waals surface area contributed by atoms with Crippen LogP contribution < -0.4 is 33.8 Å². The molecule has 0 radical (unpaired) electrons. The fourth-order valence-corrected chi connectivity index (χ4v) is 13.5. The number of aliphatic hydroxyl groups excluding tert-OH is 1. The van der Waals surface area contributed by atoms with Gasteiger partial charge in [-0.1, -0.05) is 125 Å². The zero-order chi connectivity index (χ0) is 70.2. The standard InChI is InChI=1S/C20H23ClN4O.C14H18O2.C12H7Cl2N3.C9H18O.C8H17NO.C6H11NO2.C4H8O.C2H6O.2CH4.CH3.BrH.Mg/c1-20(2,26)14-6-7-16(11-14)23-18-8-9-19-22-12-17(25(19)24-18)13-4-3-5-15(21)10-13;1-11-7-8-13(9-11)14(15)16-10-12-5-3-2-4-6-12;13-9-3-1-2-8(6-9)10-7-15-12-5-4-11(14)16-17(10)12;1-7-4-5-8(6-7)9(2,3)10;1-8(2,10)6-3-4-7(9)5-6;7-5-2-1-4(3-5)6(8)9;1-2-4-5-3-1;1-2-3;;;;;/h3-5,8-10,12,14,16,26H,6-7,11H2,1-2H3,(H,23,24);2-6,11,13H,7-10H2,1H3;1-7H;7-8,10H,4-6H2,1-3H3;6-7,10H,3-5,9H2,1-2H3;4-5H,1-3,7H2,(H,8,9);1-4H2;3H,2H2,1H3;2*1H4;1H3;1H;/q;;;;;;;;;;-1;;+2/p-1/t14-,16-;11-,13-;;7-,8-;6-,7-;4-,5-;;;;;;;/m01.111......./s1. The quantitative estimate of drug-likeness (QED) is 0.0339. The summed E-state index contributed by atoms with van der Waals surface area (Å²) in [5, 5.41) is 59.8. The normalized spacial score (nSPS) is 22.4. The summed E-state index contributed by atoms with van der Waals surface area (Å²) >= 11 is 18.0. The Hall–Kier alpha value is -4.52. The molecule has 0 unspecified atom stereocenters. The molecule has 5 heterocycles. The molecular weight excluding hydrogens is 1420 g/mol. The number of carboxylic acids is 1. The first kappa shape index (κ1) is 94.5. The molecule has 0 spiro atoms. The smallest absolute Gasteiger partial charge is 1.00 e. The van der Waals surface area contributed by atoms with Crippen LogP contribution in [-0.4, -0.2) is 144 Å². The minimum atomic E-state index is -0.692. The topological polar surface area (TPSA) is 278 Å². The van der Waals surface area contributed by atoms with Gasteiger partial charge in [0.1, 0.15) is 17.6 Å².